The number of carbonyl (C=O) groups is 1. The molecule has 5 heteroatoms. The van der Waals surface area contributed by atoms with Gasteiger partial charge in [-0.3, -0.25) is 4.79 Å². The number of rotatable bonds is 4. The van der Waals surface area contributed by atoms with Gasteiger partial charge < -0.3 is 11.1 Å². The minimum atomic E-state index is 0. The maximum Gasteiger partial charge on any atom is 0.220 e. The normalized spacial score (nSPS) is 29.5. The molecule has 0 saturated heterocycles. The Morgan fingerprint density at radius 3 is 2.52 bits per heavy atom. The lowest BCUT2D eigenvalue weighted by Gasteiger charge is -2.45. The highest BCUT2D eigenvalue weighted by molar-refractivity contribution is 6.31. The first-order valence-corrected chi connectivity index (χ1v) is 8.79. The zero-order valence-electron chi connectivity index (χ0n) is 13.3. The molecule has 1 aromatic carbocycles. The summed E-state index contributed by atoms with van der Waals surface area (Å²) in [5.41, 5.74) is 7.19. The van der Waals surface area contributed by atoms with Crippen molar-refractivity contribution in [3.63, 3.8) is 0 Å². The van der Waals surface area contributed by atoms with Crippen LogP contribution in [0.3, 0.4) is 0 Å². The summed E-state index contributed by atoms with van der Waals surface area (Å²) in [7, 11) is 0. The molecule has 3 nitrogen and oxygen atoms in total. The molecule has 0 aliphatic heterocycles. The van der Waals surface area contributed by atoms with Gasteiger partial charge in [0, 0.05) is 23.5 Å². The molecule has 0 radical (unpaired) electrons. The Hall–Kier alpha value is -0.770. The highest BCUT2D eigenvalue weighted by atomic mass is 35.5. The van der Waals surface area contributed by atoms with E-state index in [0.29, 0.717) is 36.8 Å². The molecular formula is C18H26Cl2N2O. The zero-order chi connectivity index (χ0) is 15.5. The van der Waals surface area contributed by atoms with Crippen molar-refractivity contribution in [3.05, 3.63) is 34.9 Å². The largest absolute Gasteiger partial charge is 0.353 e. The molecule has 0 heterocycles. The molecule has 2 aliphatic carbocycles. The van der Waals surface area contributed by atoms with Crippen molar-refractivity contribution in [3.8, 4) is 0 Å². The number of hydrogen-bond donors (Lipinski definition) is 2. The fraction of sp³-hybridized carbons (Fsp3) is 0.611. The number of fused-ring (bicyclic) bond motifs is 2. The van der Waals surface area contributed by atoms with E-state index in [2.05, 4.69) is 5.32 Å². The van der Waals surface area contributed by atoms with Crippen LogP contribution in [0.15, 0.2) is 24.3 Å². The minimum Gasteiger partial charge on any atom is -0.353 e. The van der Waals surface area contributed by atoms with Gasteiger partial charge >= 0.3 is 0 Å². The van der Waals surface area contributed by atoms with Crippen LogP contribution in [0.4, 0.5) is 0 Å². The molecular weight excluding hydrogens is 331 g/mol. The van der Waals surface area contributed by atoms with E-state index >= 15 is 0 Å². The van der Waals surface area contributed by atoms with Gasteiger partial charge in [-0.1, -0.05) is 36.2 Å². The predicted molar refractivity (Wildman–Crippen MR) is 97.0 cm³/mol. The van der Waals surface area contributed by atoms with Gasteiger partial charge in [0.05, 0.1) is 0 Å². The lowest BCUT2D eigenvalue weighted by molar-refractivity contribution is -0.123. The van der Waals surface area contributed by atoms with Crippen LogP contribution in [-0.2, 0) is 11.2 Å². The second-order valence-corrected chi connectivity index (χ2v) is 7.27. The molecule has 128 valence electrons. The van der Waals surface area contributed by atoms with Crippen LogP contribution in [0.1, 0.15) is 44.1 Å². The SMILES string of the molecule is Cl.NC1CC2CCCC(C1)C2NC(=O)CCc1ccccc1Cl. The molecule has 2 atom stereocenters. The van der Waals surface area contributed by atoms with Crippen LogP contribution >= 0.6 is 24.0 Å². The van der Waals surface area contributed by atoms with E-state index < -0.39 is 0 Å². The Balaban J connectivity index is 0.00000192. The number of amides is 1. The Bertz CT molecular complexity index is 524. The molecule has 23 heavy (non-hydrogen) atoms. The van der Waals surface area contributed by atoms with Gasteiger partial charge in [-0.2, -0.15) is 0 Å². The zero-order valence-corrected chi connectivity index (χ0v) is 14.9. The van der Waals surface area contributed by atoms with E-state index in [0.717, 1.165) is 23.4 Å². The van der Waals surface area contributed by atoms with Gasteiger partial charge in [0.1, 0.15) is 0 Å². The number of benzene rings is 1. The third-order valence-electron chi connectivity index (χ3n) is 5.28. The summed E-state index contributed by atoms with van der Waals surface area (Å²) < 4.78 is 0. The molecule has 2 saturated carbocycles. The lowest BCUT2D eigenvalue weighted by atomic mass is 9.67. The van der Waals surface area contributed by atoms with Crippen LogP contribution < -0.4 is 11.1 Å². The fourth-order valence-electron chi connectivity index (χ4n) is 4.23. The van der Waals surface area contributed by atoms with E-state index in [-0.39, 0.29) is 18.3 Å². The quantitative estimate of drug-likeness (QED) is 0.863. The van der Waals surface area contributed by atoms with Crippen molar-refractivity contribution >= 4 is 29.9 Å². The van der Waals surface area contributed by atoms with Gasteiger partial charge in [-0.25, -0.2) is 0 Å². The first-order chi connectivity index (χ1) is 10.6. The smallest absolute Gasteiger partial charge is 0.220 e. The fourth-order valence-corrected chi connectivity index (χ4v) is 4.46. The number of nitrogens with one attached hydrogen (secondary N) is 1. The molecule has 2 bridgehead atoms. The van der Waals surface area contributed by atoms with Crippen LogP contribution in [0.5, 0.6) is 0 Å². The number of halogens is 2. The molecule has 0 aromatic heterocycles. The predicted octanol–water partition coefficient (Wildman–Crippen LogP) is 3.72. The Labute approximate surface area is 149 Å². The summed E-state index contributed by atoms with van der Waals surface area (Å²) in [5, 5.41) is 4.04. The highest BCUT2D eigenvalue weighted by Gasteiger charge is 2.39. The maximum absolute atomic E-state index is 12.3. The van der Waals surface area contributed by atoms with Crippen molar-refractivity contribution in [2.45, 2.75) is 57.0 Å². The second-order valence-electron chi connectivity index (χ2n) is 6.87. The third kappa shape index (κ3) is 4.62. The van der Waals surface area contributed by atoms with Crippen LogP contribution in [-0.4, -0.2) is 18.0 Å². The second kappa shape index (κ2) is 8.36. The van der Waals surface area contributed by atoms with E-state index in [4.69, 9.17) is 17.3 Å². The van der Waals surface area contributed by atoms with E-state index in [1.54, 1.807) is 0 Å². The summed E-state index contributed by atoms with van der Waals surface area (Å²) in [5.74, 6) is 1.30. The summed E-state index contributed by atoms with van der Waals surface area (Å²) in [6, 6.07) is 8.41. The monoisotopic (exact) mass is 356 g/mol. The standard InChI is InChI=1S/C18H25ClN2O.ClH/c19-16-7-2-1-4-12(16)8-9-17(22)21-18-13-5-3-6-14(18)11-15(20)10-13;/h1-2,4,7,13-15,18H,3,5-6,8-11,20H2,(H,21,22);1H. The Morgan fingerprint density at radius 1 is 1.22 bits per heavy atom. The van der Waals surface area contributed by atoms with Crippen molar-refractivity contribution in [1.82, 2.24) is 5.32 Å². The summed E-state index contributed by atoms with van der Waals surface area (Å²) in [4.78, 5) is 12.3. The Kier molecular flexibility index (Phi) is 6.75. The highest BCUT2D eigenvalue weighted by Crippen LogP contribution is 2.39. The van der Waals surface area contributed by atoms with Gasteiger partial charge in [-0.15, -0.1) is 12.4 Å². The minimum absolute atomic E-state index is 0. The first-order valence-electron chi connectivity index (χ1n) is 8.42. The van der Waals surface area contributed by atoms with Crippen molar-refractivity contribution in [2.75, 3.05) is 0 Å². The number of hydrogen-bond acceptors (Lipinski definition) is 2. The van der Waals surface area contributed by atoms with E-state index in [1.807, 2.05) is 24.3 Å². The van der Waals surface area contributed by atoms with Crippen molar-refractivity contribution < 1.29 is 4.79 Å². The number of nitrogens with two attached hydrogens (primary N) is 1. The molecule has 1 aromatic rings. The van der Waals surface area contributed by atoms with E-state index in [9.17, 15) is 4.79 Å². The number of aryl methyl sites for hydroxylation is 1. The summed E-state index contributed by atoms with van der Waals surface area (Å²) in [6.45, 7) is 0. The Morgan fingerprint density at radius 2 is 1.87 bits per heavy atom. The molecule has 2 unspecified atom stereocenters. The van der Waals surface area contributed by atoms with Crippen LogP contribution in [0.2, 0.25) is 5.02 Å². The van der Waals surface area contributed by atoms with Gasteiger partial charge in [0.25, 0.3) is 0 Å². The summed E-state index contributed by atoms with van der Waals surface area (Å²) >= 11 is 6.15. The molecule has 3 N–H and O–H groups in total. The maximum atomic E-state index is 12.3. The van der Waals surface area contributed by atoms with Gasteiger partial charge in [0.15, 0.2) is 0 Å². The van der Waals surface area contributed by atoms with Gasteiger partial charge in [-0.05, 0) is 55.6 Å². The first kappa shape index (κ1) is 18.6. The molecule has 0 spiro atoms. The molecule has 2 fully saturated rings. The molecule has 3 rings (SSSR count). The third-order valence-corrected chi connectivity index (χ3v) is 5.65. The van der Waals surface area contributed by atoms with Crippen LogP contribution in [0, 0.1) is 11.8 Å². The average molecular weight is 357 g/mol. The van der Waals surface area contributed by atoms with Crippen molar-refractivity contribution in [1.29, 1.82) is 0 Å². The summed E-state index contributed by atoms with van der Waals surface area (Å²) in [6.07, 6.45) is 7.03. The molecule has 1 amide bonds. The number of carbonyl (C=O) groups excluding carboxylic acids is 1. The van der Waals surface area contributed by atoms with E-state index in [1.165, 1.54) is 19.3 Å². The van der Waals surface area contributed by atoms with Crippen molar-refractivity contribution in [2.24, 2.45) is 17.6 Å². The van der Waals surface area contributed by atoms with Gasteiger partial charge in [0.2, 0.25) is 5.91 Å². The average Bonchev–Trinajstić information content (AvgIpc) is 2.47. The lowest BCUT2D eigenvalue weighted by Crippen LogP contribution is -2.53. The topological polar surface area (TPSA) is 55.1 Å². The molecule has 2 aliphatic rings. The van der Waals surface area contributed by atoms with Crippen LogP contribution in [0.25, 0.3) is 0 Å².